The zero-order valence-electron chi connectivity index (χ0n) is 7.84. The third kappa shape index (κ3) is 2.46. The van der Waals surface area contributed by atoms with Crippen LogP contribution in [0.1, 0.15) is 20.3 Å². The van der Waals surface area contributed by atoms with Gasteiger partial charge in [-0.2, -0.15) is 0 Å². The van der Waals surface area contributed by atoms with Crippen molar-refractivity contribution < 1.29 is 4.74 Å². The number of likely N-dealkylation sites (tertiary alicyclic amines) is 1. The van der Waals surface area contributed by atoms with Gasteiger partial charge in [-0.05, 0) is 12.3 Å². The van der Waals surface area contributed by atoms with E-state index in [1.54, 1.807) is 7.11 Å². The molecule has 0 bridgehead atoms. The molecule has 2 nitrogen and oxygen atoms in total. The van der Waals surface area contributed by atoms with Crippen molar-refractivity contribution in [2.45, 2.75) is 26.3 Å². The number of methoxy groups -OCH3 is 1. The Labute approximate surface area is 69.5 Å². The number of ether oxygens (including phenoxy) is 1. The summed E-state index contributed by atoms with van der Waals surface area (Å²) in [6.07, 6.45) is 1.32. The highest BCUT2D eigenvalue weighted by Gasteiger charge is 2.27. The third-order valence-electron chi connectivity index (χ3n) is 2.22. The van der Waals surface area contributed by atoms with Crippen molar-refractivity contribution in [3.63, 3.8) is 0 Å². The summed E-state index contributed by atoms with van der Waals surface area (Å²) in [5.74, 6) is 0.787. The van der Waals surface area contributed by atoms with E-state index in [2.05, 4.69) is 18.7 Å². The molecule has 1 saturated heterocycles. The van der Waals surface area contributed by atoms with Gasteiger partial charge in [0.2, 0.25) is 0 Å². The zero-order chi connectivity index (χ0) is 8.27. The minimum atomic E-state index is 0.711. The standard InChI is InChI=1S/C9H19NO/c1-8(2)6-10-5-4-9(10)7-11-3/h8-9H,4-7H2,1-3H3/t9-/m1/s1. The third-order valence-corrected chi connectivity index (χ3v) is 2.22. The van der Waals surface area contributed by atoms with E-state index in [4.69, 9.17) is 4.74 Å². The Morgan fingerprint density at radius 3 is 2.64 bits per heavy atom. The molecule has 11 heavy (non-hydrogen) atoms. The molecule has 1 aliphatic rings. The van der Waals surface area contributed by atoms with Gasteiger partial charge in [0.05, 0.1) is 6.61 Å². The lowest BCUT2D eigenvalue weighted by atomic mass is 10.0. The van der Waals surface area contributed by atoms with Gasteiger partial charge in [-0.25, -0.2) is 0 Å². The number of hydrogen-bond donors (Lipinski definition) is 0. The number of nitrogens with zero attached hydrogens (tertiary/aromatic N) is 1. The largest absolute Gasteiger partial charge is 0.383 e. The molecular weight excluding hydrogens is 138 g/mol. The van der Waals surface area contributed by atoms with Gasteiger partial charge in [-0.1, -0.05) is 13.8 Å². The van der Waals surface area contributed by atoms with Crippen LogP contribution in [-0.2, 0) is 4.74 Å². The fourth-order valence-electron chi connectivity index (χ4n) is 1.58. The Morgan fingerprint density at radius 1 is 1.55 bits per heavy atom. The molecule has 0 amide bonds. The normalized spacial score (nSPS) is 25.6. The molecular formula is C9H19NO. The Bertz CT molecular complexity index is 114. The van der Waals surface area contributed by atoms with Crippen molar-refractivity contribution in [3.05, 3.63) is 0 Å². The average Bonchev–Trinajstić information content (AvgIpc) is 1.93. The highest BCUT2D eigenvalue weighted by Crippen LogP contribution is 2.18. The predicted molar refractivity (Wildman–Crippen MR) is 46.7 cm³/mol. The maximum absolute atomic E-state index is 5.12. The second kappa shape index (κ2) is 4.07. The molecule has 0 saturated carbocycles. The summed E-state index contributed by atoms with van der Waals surface area (Å²) in [5, 5.41) is 0. The van der Waals surface area contributed by atoms with Crippen molar-refractivity contribution >= 4 is 0 Å². The summed E-state index contributed by atoms with van der Waals surface area (Å²) in [4.78, 5) is 2.51. The number of hydrogen-bond acceptors (Lipinski definition) is 2. The summed E-state index contributed by atoms with van der Waals surface area (Å²) in [5.41, 5.74) is 0. The molecule has 1 heterocycles. The van der Waals surface area contributed by atoms with Crippen LogP contribution in [-0.4, -0.2) is 37.7 Å². The van der Waals surface area contributed by atoms with Crippen molar-refractivity contribution in [3.8, 4) is 0 Å². The van der Waals surface area contributed by atoms with Crippen molar-refractivity contribution in [1.29, 1.82) is 0 Å². The molecule has 0 radical (unpaired) electrons. The average molecular weight is 157 g/mol. The first-order chi connectivity index (χ1) is 5.24. The van der Waals surface area contributed by atoms with Crippen LogP contribution in [0.25, 0.3) is 0 Å². The van der Waals surface area contributed by atoms with Crippen LogP contribution in [0, 0.1) is 5.92 Å². The van der Waals surface area contributed by atoms with Gasteiger partial charge in [0.25, 0.3) is 0 Å². The van der Waals surface area contributed by atoms with Gasteiger partial charge >= 0.3 is 0 Å². The summed E-state index contributed by atoms with van der Waals surface area (Å²) in [6, 6.07) is 0.711. The topological polar surface area (TPSA) is 12.5 Å². The minimum absolute atomic E-state index is 0.711. The first kappa shape index (κ1) is 9.01. The Balaban J connectivity index is 2.15. The molecule has 1 rings (SSSR count). The van der Waals surface area contributed by atoms with Gasteiger partial charge in [-0.3, -0.25) is 4.90 Å². The maximum Gasteiger partial charge on any atom is 0.0618 e. The van der Waals surface area contributed by atoms with E-state index < -0.39 is 0 Å². The molecule has 0 aromatic heterocycles. The minimum Gasteiger partial charge on any atom is -0.383 e. The van der Waals surface area contributed by atoms with Crippen LogP contribution in [0.2, 0.25) is 0 Å². The molecule has 1 aliphatic heterocycles. The predicted octanol–water partition coefficient (Wildman–Crippen LogP) is 1.36. The zero-order valence-corrected chi connectivity index (χ0v) is 7.84. The summed E-state index contributed by atoms with van der Waals surface area (Å²) in [7, 11) is 1.78. The summed E-state index contributed by atoms with van der Waals surface area (Å²) < 4.78 is 5.12. The fraction of sp³-hybridized carbons (Fsp3) is 1.00. The Morgan fingerprint density at radius 2 is 2.27 bits per heavy atom. The van der Waals surface area contributed by atoms with Crippen LogP contribution in [0.4, 0.5) is 0 Å². The molecule has 2 heteroatoms. The van der Waals surface area contributed by atoms with E-state index in [-0.39, 0.29) is 0 Å². The second-order valence-corrected chi connectivity index (χ2v) is 3.79. The molecule has 0 unspecified atom stereocenters. The Kier molecular flexibility index (Phi) is 3.34. The molecule has 0 aliphatic carbocycles. The van der Waals surface area contributed by atoms with Crippen LogP contribution in [0.15, 0.2) is 0 Å². The molecule has 0 aromatic rings. The molecule has 1 atom stereocenters. The van der Waals surface area contributed by atoms with Crippen LogP contribution in [0.3, 0.4) is 0 Å². The van der Waals surface area contributed by atoms with E-state index >= 15 is 0 Å². The highest BCUT2D eigenvalue weighted by atomic mass is 16.5. The number of rotatable bonds is 4. The second-order valence-electron chi connectivity index (χ2n) is 3.79. The lowest BCUT2D eigenvalue weighted by Gasteiger charge is -2.41. The van der Waals surface area contributed by atoms with Gasteiger partial charge in [0, 0.05) is 26.2 Å². The molecule has 0 aromatic carbocycles. The SMILES string of the molecule is COC[C@H]1CCN1CC(C)C. The summed E-state index contributed by atoms with van der Waals surface area (Å²) >= 11 is 0. The van der Waals surface area contributed by atoms with Gasteiger partial charge in [-0.15, -0.1) is 0 Å². The van der Waals surface area contributed by atoms with E-state index in [1.165, 1.54) is 19.5 Å². The van der Waals surface area contributed by atoms with Gasteiger partial charge in [0.1, 0.15) is 0 Å². The first-order valence-corrected chi connectivity index (χ1v) is 4.47. The lowest BCUT2D eigenvalue weighted by Crippen LogP contribution is -2.51. The lowest BCUT2D eigenvalue weighted by molar-refractivity contribution is 0.0161. The Hall–Kier alpha value is -0.0800. The van der Waals surface area contributed by atoms with Gasteiger partial charge < -0.3 is 4.74 Å². The fourth-order valence-corrected chi connectivity index (χ4v) is 1.58. The van der Waals surface area contributed by atoms with E-state index in [0.717, 1.165) is 12.5 Å². The maximum atomic E-state index is 5.12. The first-order valence-electron chi connectivity index (χ1n) is 4.47. The van der Waals surface area contributed by atoms with Crippen molar-refractivity contribution in [2.24, 2.45) is 5.92 Å². The molecule has 1 fully saturated rings. The molecule has 0 spiro atoms. The molecule has 66 valence electrons. The van der Waals surface area contributed by atoms with E-state index in [1.807, 2.05) is 0 Å². The van der Waals surface area contributed by atoms with Crippen LogP contribution < -0.4 is 0 Å². The van der Waals surface area contributed by atoms with Crippen molar-refractivity contribution in [1.82, 2.24) is 4.90 Å². The van der Waals surface area contributed by atoms with Crippen molar-refractivity contribution in [2.75, 3.05) is 26.8 Å². The quantitative estimate of drug-likeness (QED) is 0.611. The van der Waals surface area contributed by atoms with Crippen LogP contribution >= 0.6 is 0 Å². The highest BCUT2D eigenvalue weighted by molar-refractivity contribution is 4.82. The van der Waals surface area contributed by atoms with E-state index in [0.29, 0.717) is 6.04 Å². The van der Waals surface area contributed by atoms with Gasteiger partial charge in [0.15, 0.2) is 0 Å². The summed E-state index contributed by atoms with van der Waals surface area (Å²) in [6.45, 7) is 7.94. The smallest absolute Gasteiger partial charge is 0.0618 e. The van der Waals surface area contributed by atoms with Crippen LogP contribution in [0.5, 0.6) is 0 Å². The monoisotopic (exact) mass is 157 g/mol. The molecule has 0 N–H and O–H groups in total. The van der Waals surface area contributed by atoms with E-state index in [9.17, 15) is 0 Å².